The van der Waals surface area contributed by atoms with Crippen LogP contribution in [0.15, 0.2) is 17.1 Å². The van der Waals surface area contributed by atoms with E-state index < -0.39 is 0 Å². The SMILES string of the molecule is CCC=Nc1cc(C)c(C)cc1C. The summed E-state index contributed by atoms with van der Waals surface area (Å²) in [6, 6.07) is 4.34. The van der Waals surface area contributed by atoms with Crippen LogP contribution in [-0.2, 0) is 0 Å². The Kier molecular flexibility index (Phi) is 3.24. The van der Waals surface area contributed by atoms with Crippen molar-refractivity contribution in [2.75, 3.05) is 0 Å². The zero-order valence-corrected chi connectivity index (χ0v) is 8.89. The van der Waals surface area contributed by atoms with Gasteiger partial charge in [-0.15, -0.1) is 0 Å². The third kappa shape index (κ3) is 2.41. The fraction of sp³-hybridized carbons (Fsp3) is 0.417. The second-order valence-electron chi connectivity index (χ2n) is 3.44. The standard InChI is InChI=1S/C12H17N/c1-5-6-13-12-8-10(3)9(2)7-11(12)4/h6-8H,5H2,1-4H3. The molecule has 0 radical (unpaired) electrons. The molecule has 0 bridgehead atoms. The van der Waals surface area contributed by atoms with Gasteiger partial charge in [0.25, 0.3) is 0 Å². The van der Waals surface area contributed by atoms with Gasteiger partial charge in [0.1, 0.15) is 0 Å². The molecule has 1 nitrogen and oxygen atoms in total. The van der Waals surface area contributed by atoms with Crippen molar-refractivity contribution in [1.82, 2.24) is 0 Å². The molecule has 1 heteroatoms. The van der Waals surface area contributed by atoms with Crippen molar-refractivity contribution in [3.8, 4) is 0 Å². The average molecular weight is 175 g/mol. The second kappa shape index (κ2) is 4.22. The minimum absolute atomic E-state index is 0.992. The molecule has 0 unspecified atom stereocenters. The molecule has 13 heavy (non-hydrogen) atoms. The highest BCUT2D eigenvalue weighted by Gasteiger charge is 1.98. The first-order valence-electron chi connectivity index (χ1n) is 4.75. The van der Waals surface area contributed by atoms with Crippen LogP contribution in [0.1, 0.15) is 30.0 Å². The highest BCUT2D eigenvalue weighted by Crippen LogP contribution is 2.22. The maximum atomic E-state index is 4.40. The summed E-state index contributed by atoms with van der Waals surface area (Å²) in [6.45, 7) is 8.46. The maximum Gasteiger partial charge on any atom is 0.0657 e. The Hall–Kier alpha value is -1.11. The molecule has 0 fully saturated rings. The number of hydrogen-bond acceptors (Lipinski definition) is 1. The number of nitrogens with zero attached hydrogens (tertiary/aromatic N) is 1. The van der Waals surface area contributed by atoms with Crippen molar-refractivity contribution >= 4 is 11.9 Å². The number of rotatable bonds is 2. The Morgan fingerprint density at radius 2 is 1.69 bits per heavy atom. The molecule has 0 spiro atoms. The van der Waals surface area contributed by atoms with Crippen molar-refractivity contribution in [3.63, 3.8) is 0 Å². The Balaban J connectivity index is 3.08. The zero-order chi connectivity index (χ0) is 9.84. The van der Waals surface area contributed by atoms with Gasteiger partial charge in [-0.2, -0.15) is 0 Å². The van der Waals surface area contributed by atoms with Gasteiger partial charge in [0.05, 0.1) is 5.69 Å². The number of hydrogen-bond donors (Lipinski definition) is 0. The largest absolute Gasteiger partial charge is 0.261 e. The van der Waals surface area contributed by atoms with Gasteiger partial charge in [-0.25, -0.2) is 0 Å². The second-order valence-corrected chi connectivity index (χ2v) is 3.44. The highest BCUT2D eigenvalue weighted by molar-refractivity contribution is 5.65. The van der Waals surface area contributed by atoms with Gasteiger partial charge in [0.15, 0.2) is 0 Å². The minimum Gasteiger partial charge on any atom is -0.261 e. The summed E-state index contributed by atoms with van der Waals surface area (Å²) in [6.07, 6.45) is 2.95. The maximum absolute atomic E-state index is 4.40. The van der Waals surface area contributed by atoms with E-state index in [1.165, 1.54) is 16.7 Å². The third-order valence-electron chi connectivity index (χ3n) is 2.23. The predicted octanol–water partition coefficient (Wildman–Crippen LogP) is 3.72. The van der Waals surface area contributed by atoms with Gasteiger partial charge in [-0.3, -0.25) is 4.99 Å². The summed E-state index contributed by atoms with van der Waals surface area (Å²) in [5.41, 5.74) is 5.01. The lowest BCUT2D eigenvalue weighted by atomic mass is 10.1. The Bertz CT molecular complexity index is 324. The monoisotopic (exact) mass is 175 g/mol. The number of aliphatic imine (C=N–C) groups is 1. The molecule has 0 amide bonds. The lowest BCUT2D eigenvalue weighted by Crippen LogP contribution is -1.83. The fourth-order valence-corrected chi connectivity index (χ4v) is 1.27. The molecule has 1 rings (SSSR count). The molecular formula is C12H17N. The number of aryl methyl sites for hydroxylation is 3. The average Bonchev–Trinajstić information content (AvgIpc) is 2.09. The van der Waals surface area contributed by atoms with E-state index in [1.54, 1.807) is 0 Å². The van der Waals surface area contributed by atoms with E-state index in [4.69, 9.17) is 0 Å². The van der Waals surface area contributed by atoms with E-state index >= 15 is 0 Å². The normalized spacial score (nSPS) is 11.1. The van der Waals surface area contributed by atoms with E-state index in [9.17, 15) is 0 Å². The van der Waals surface area contributed by atoms with E-state index in [0.717, 1.165) is 12.1 Å². The van der Waals surface area contributed by atoms with Crippen LogP contribution in [0.2, 0.25) is 0 Å². The van der Waals surface area contributed by atoms with Gasteiger partial charge in [0, 0.05) is 6.21 Å². The van der Waals surface area contributed by atoms with Crippen LogP contribution in [0.3, 0.4) is 0 Å². The summed E-state index contributed by atoms with van der Waals surface area (Å²) < 4.78 is 0. The van der Waals surface area contributed by atoms with Gasteiger partial charge >= 0.3 is 0 Å². The molecule has 0 saturated heterocycles. The van der Waals surface area contributed by atoms with Crippen molar-refractivity contribution in [1.29, 1.82) is 0 Å². The molecule has 1 aromatic carbocycles. The third-order valence-corrected chi connectivity index (χ3v) is 2.23. The molecule has 0 atom stereocenters. The van der Waals surface area contributed by atoms with Gasteiger partial charge in [-0.1, -0.05) is 13.0 Å². The lowest BCUT2D eigenvalue weighted by Gasteiger charge is -2.04. The predicted molar refractivity (Wildman–Crippen MR) is 59.1 cm³/mol. The topological polar surface area (TPSA) is 12.4 Å². The van der Waals surface area contributed by atoms with E-state index in [2.05, 4.69) is 44.8 Å². The molecule has 0 heterocycles. The van der Waals surface area contributed by atoms with Crippen LogP contribution in [0.25, 0.3) is 0 Å². The van der Waals surface area contributed by atoms with Crippen LogP contribution in [0, 0.1) is 20.8 Å². The van der Waals surface area contributed by atoms with Crippen LogP contribution in [-0.4, -0.2) is 6.21 Å². The summed E-state index contributed by atoms with van der Waals surface area (Å²) in [7, 11) is 0. The van der Waals surface area contributed by atoms with Crippen molar-refractivity contribution in [2.45, 2.75) is 34.1 Å². The van der Waals surface area contributed by atoms with Gasteiger partial charge in [0.2, 0.25) is 0 Å². The first-order valence-corrected chi connectivity index (χ1v) is 4.75. The quantitative estimate of drug-likeness (QED) is 0.607. The Morgan fingerprint density at radius 1 is 1.08 bits per heavy atom. The summed E-state index contributed by atoms with van der Waals surface area (Å²) in [5.74, 6) is 0. The van der Waals surface area contributed by atoms with E-state index in [0.29, 0.717) is 0 Å². The fourth-order valence-electron chi connectivity index (χ4n) is 1.27. The Labute approximate surface area is 80.5 Å². The molecule has 0 aliphatic carbocycles. The molecular weight excluding hydrogens is 158 g/mol. The van der Waals surface area contributed by atoms with E-state index in [1.807, 2.05) is 6.21 Å². The van der Waals surface area contributed by atoms with Crippen molar-refractivity contribution in [3.05, 3.63) is 28.8 Å². The van der Waals surface area contributed by atoms with Crippen LogP contribution in [0.4, 0.5) is 5.69 Å². The minimum atomic E-state index is 0.992. The molecule has 0 saturated carbocycles. The van der Waals surface area contributed by atoms with Crippen LogP contribution in [0.5, 0.6) is 0 Å². The molecule has 0 aliphatic rings. The number of benzene rings is 1. The summed E-state index contributed by atoms with van der Waals surface area (Å²) in [4.78, 5) is 4.40. The van der Waals surface area contributed by atoms with E-state index in [-0.39, 0.29) is 0 Å². The summed E-state index contributed by atoms with van der Waals surface area (Å²) >= 11 is 0. The molecule has 0 aromatic heterocycles. The Morgan fingerprint density at radius 3 is 2.31 bits per heavy atom. The highest BCUT2D eigenvalue weighted by atomic mass is 14.7. The van der Waals surface area contributed by atoms with Crippen molar-refractivity contribution < 1.29 is 0 Å². The molecule has 0 N–H and O–H groups in total. The van der Waals surface area contributed by atoms with Gasteiger partial charge in [-0.05, 0) is 49.9 Å². The first-order chi connectivity index (χ1) is 6.15. The van der Waals surface area contributed by atoms with Gasteiger partial charge < -0.3 is 0 Å². The van der Waals surface area contributed by atoms with Crippen molar-refractivity contribution in [2.24, 2.45) is 4.99 Å². The van der Waals surface area contributed by atoms with Crippen LogP contribution < -0.4 is 0 Å². The molecule has 0 aliphatic heterocycles. The smallest absolute Gasteiger partial charge is 0.0657 e. The van der Waals surface area contributed by atoms with Crippen LogP contribution >= 0.6 is 0 Å². The summed E-state index contributed by atoms with van der Waals surface area (Å²) in [5, 5.41) is 0. The zero-order valence-electron chi connectivity index (χ0n) is 8.89. The lowest BCUT2D eigenvalue weighted by molar-refractivity contribution is 1.26. The first kappa shape index (κ1) is 9.97. The molecule has 70 valence electrons. The molecule has 1 aromatic rings.